The predicted octanol–water partition coefficient (Wildman–Crippen LogP) is 5.59. The van der Waals surface area contributed by atoms with Crippen molar-refractivity contribution in [2.24, 2.45) is 4.40 Å². The fourth-order valence-electron chi connectivity index (χ4n) is 5.01. The zero-order valence-corrected chi connectivity index (χ0v) is 22.2. The number of amidine groups is 1. The number of benzene rings is 3. The number of hydrogen-bond donors (Lipinski definition) is 1. The Kier molecular flexibility index (Phi) is 7.25. The van der Waals surface area contributed by atoms with Crippen molar-refractivity contribution in [3.05, 3.63) is 100 Å². The van der Waals surface area contributed by atoms with Crippen molar-refractivity contribution < 1.29 is 13.2 Å². The highest BCUT2D eigenvalue weighted by Crippen LogP contribution is 2.34. The van der Waals surface area contributed by atoms with Crippen LogP contribution in [-0.2, 0) is 21.4 Å². The summed E-state index contributed by atoms with van der Waals surface area (Å²) in [4.78, 5) is 16.0. The number of halogens is 1. The molecule has 1 unspecified atom stereocenters. The van der Waals surface area contributed by atoms with Gasteiger partial charge in [0.05, 0.1) is 0 Å². The fourth-order valence-corrected chi connectivity index (χ4v) is 6.49. The molecule has 1 saturated carbocycles. The molecule has 1 aliphatic carbocycles. The Morgan fingerprint density at radius 1 is 0.944 bits per heavy atom. The lowest BCUT2D eigenvalue weighted by Crippen LogP contribution is -2.46. The van der Waals surface area contributed by atoms with Gasteiger partial charge >= 0.3 is 0 Å². The van der Waals surface area contributed by atoms with E-state index < -0.39 is 16.1 Å². The smallest absolute Gasteiger partial charge is 0.285 e. The first kappa shape index (κ1) is 24.7. The van der Waals surface area contributed by atoms with E-state index in [-0.39, 0.29) is 16.8 Å². The lowest BCUT2D eigenvalue weighted by atomic mass is 9.94. The molecule has 3 aromatic rings. The van der Waals surface area contributed by atoms with E-state index in [4.69, 9.17) is 0 Å². The molecule has 2 aliphatic rings. The van der Waals surface area contributed by atoms with E-state index in [9.17, 15) is 13.2 Å². The zero-order valence-electron chi connectivity index (χ0n) is 19.8. The Bertz CT molecular complexity index is 1370. The number of carbonyl (C=O) groups excluding carboxylic acids is 1. The minimum Gasteiger partial charge on any atom is -0.351 e. The standard InChI is InChI=1S/C28H28BrN3O3S/c29-22-17-15-21(16-18-22)26(28(33)30-23-11-5-2-6-12-23)32(19-20-9-3-1-4-10-20)27-24-13-7-8-14-25(24)36(34,35)31-27/h1,3-4,7-10,13-18,23,26H,2,5-6,11-12,19H2,(H,30,33). The first-order valence-electron chi connectivity index (χ1n) is 12.2. The first-order valence-corrected chi connectivity index (χ1v) is 14.5. The third-order valence-corrected chi connectivity index (χ3v) is 8.63. The third kappa shape index (κ3) is 5.25. The van der Waals surface area contributed by atoms with Crippen molar-refractivity contribution >= 4 is 37.7 Å². The van der Waals surface area contributed by atoms with Crippen LogP contribution in [0.3, 0.4) is 0 Å². The van der Waals surface area contributed by atoms with Gasteiger partial charge in [-0.2, -0.15) is 8.42 Å². The number of rotatable bonds is 6. The topological polar surface area (TPSA) is 78.8 Å². The molecule has 1 heterocycles. The minimum absolute atomic E-state index is 0.115. The summed E-state index contributed by atoms with van der Waals surface area (Å²) in [6, 6.07) is 23.5. The highest BCUT2D eigenvalue weighted by molar-refractivity contribution is 9.10. The summed E-state index contributed by atoms with van der Waals surface area (Å²) < 4.78 is 31.1. The van der Waals surface area contributed by atoms with E-state index in [1.54, 1.807) is 24.3 Å². The molecule has 0 saturated heterocycles. The molecule has 1 aliphatic heterocycles. The van der Waals surface area contributed by atoms with Crippen LogP contribution >= 0.6 is 15.9 Å². The monoisotopic (exact) mass is 565 g/mol. The van der Waals surface area contributed by atoms with Gasteiger partial charge < -0.3 is 10.2 Å². The lowest BCUT2D eigenvalue weighted by Gasteiger charge is -2.34. The van der Waals surface area contributed by atoms with Gasteiger partial charge in [-0.05, 0) is 48.2 Å². The first-order chi connectivity index (χ1) is 17.4. The van der Waals surface area contributed by atoms with E-state index >= 15 is 0 Å². The van der Waals surface area contributed by atoms with Crippen LogP contribution in [0.5, 0.6) is 0 Å². The molecule has 0 bridgehead atoms. The van der Waals surface area contributed by atoms with Gasteiger partial charge in [-0.25, -0.2) is 0 Å². The van der Waals surface area contributed by atoms with Gasteiger partial charge in [-0.1, -0.05) is 89.8 Å². The molecular weight excluding hydrogens is 538 g/mol. The molecule has 186 valence electrons. The SMILES string of the molecule is O=C(NC1CCCCC1)C(c1ccc(Br)cc1)N(Cc1ccccc1)C1=NS(=O)(=O)c2ccccc21. The lowest BCUT2D eigenvalue weighted by molar-refractivity contribution is -0.126. The molecule has 1 N–H and O–H groups in total. The minimum atomic E-state index is -3.86. The number of nitrogens with zero attached hydrogens (tertiary/aromatic N) is 2. The van der Waals surface area contributed by atoms with E-state index in [1.807, 2.05) is 59.5 Å². The van der Waals surface area contributed by atoms with Gasteiger partial charge in [0.25, 0.3) is 10.0 Å². The second-order valence-electron chi connectivity index (χ2n) is 9.30. The zero-order chi connectivity index (χ0) is 25.1. The highest BCUT2D eigenvalue weighted by Gasteiger charge is 2.38. The van der Waals surface area contributed by atoms with Crippen molar-refractivity contribution in [2.75, 3.05) is 0 Å². The summed E-state index contributed by atoms with van der Waals surface area (Å²) in [6.45, 7) is 0.322. The molecule has 8 heteroatoms. The summed E-state index contributed by atoms with van der Waals surface area (Å²) in [6.07, 6.45) is 5.29. The molecule has 3 aromatic carbocycles. The molecule has 1 amide bonds. The predicted molar refractivity (Wildman–Crippen MR) is 144 cm³/mol. The van der Waals surface area contributed by atoms with Crippen molar-refractivity contribution in [3.63, 3.8) is 0 Å². The quantitative estimate of drug-likeness (QED) is 0.422. The van der Waals surface area contributed by atoms with Crippen LogP contribution in [0.4, 0.5) is 0 Å². The molecule has 36 heavy (non-hydrogen) atoms. The molecule has 1 atom stereocenters. The molecule has 1 fully saturated rings. The van der Waals surface area contributed by atoms with Gasteiger partial charge in [0.2, 0.25) is 5.91 Å². The van der Waals surface area contributed by atoms with E-state index in [1.165, 1.54) is 6.42 Å². The van der Waals surface area contributed by atoms with Crippen molar-refractivity contribution in [1.29, 1.82) is 0 Å². The molecule has 0 radical (unpaired) electrons. The summed E-state index contributed by atoms with van der Waals surface area (Å²) >= 11 is 3.49. The number of hydrogen-bond acceptors (Lipinski definition) is 4. The number of sulfonamides is 1. The van der Waals surface area contributed by atoms with Gasteiger partial charge in [-0.15, -0.1) is 4.40 Å². The van der Waals surface area contributed by atoms with Crippen LogP contribution in [0.15, 0.2) is 92.6 Å². The largest absolute Gasteiger partial charge is 0.351 e. The molecule has 5 rings (SSSR count). The number of nitrogens with one attached hydrogen (secondary N) is 1. The number of carbonyl (C=O) groups is 1. The number of amides is 1. The Hall–Kier alpha value is -2.97. The Morgan fingerprint density at radius 2 is 1.61 bits per heavy atom. The Morgan fingerprint density at radius 3 is 2.33 bits per heavy atom. The van der Waals surface area contributed by atoms with Crippen molar-refractivity contribution in [2.45, 2.75) is 55.6 Å². The average Bonchev–Trinajstić information content (AvgIpc) is 3.17. The van der Waals surface area contributed by atoms with Gasteiger partial charge in [-0.3, -0.25) is 4.79 Å². The molecule has 0 aromatic heterocycles. The highest BCUT2D eigenvalue weighted by atomic mass is 79.9. The third-order valence-electron chi connectivity index (χ3n) is 6.78. The van der Waals surface area contributed by atoms with Crippen LogP contribution in [0.25, 0.3) is 0 Å². The number of fused-ring (bicyclic) bond motifs is 1. The van der Waals surface area contributed by atoms with Gasteiger partial charge in [0.1, 0.15) is 10.9 Å². The van der Waals surface area contributed by atoms with Crippen LogP contribution in [0.1, 0.15) is 54.8 Å². The normalized spacial score (nSPS) is 17.6. The summed E-state index contributed by atoms with van der Waals surface area (Å²) in [5, 5.41) is 3.27. The second kappa shape index (κ2) is 10.6. The summed E-state index contributed by atoms with van der Waals surface area (Å²) in [5.41, 5.74) is 2.24. The molecule has 6 nitrogen and oxygen atoms in total. The van der Waals surface area contributed by atoms with Crippen molar-refractivity contribution in [1.82, 2.24) is 10.2 Å². The Labute approximate surface area is 220 Å². The maximum Gasteiger partial charge on any atom is 0.285 e. The van der Waals surface area contributed by atoms with Crippen molar-refractivity contribution in [3.8, 4) is 0 Å². The second-order valence-corrected chi connectivity index (χ2v) is 11.8. The van der Waals surface area contributed by atoms with Gasteiger partial charge in [0, 0.05) is 22.6 Å². The summed E-state index contributed by atoms with van der Waals surface area (Å²) in [5.74, 6) is 0.144. The van der Waals surface area contributed by atoms with Crippen LogP contribution < -0.4 is 5.32 Å². The fraction of sp³-hybridized carbons (Fsp3) is 0.286. The average molecular weight is 567 g/mol. The van der Waals surface area contributed by atoms with E-state index in [2.05, 4.69) is 25.6 Å². The maximum absolute atomic E-state index is 14.0. The van der Waals surface area contributed by atoms with E-state index in [0.29, 0.717) is 17.9 Å². The Balaban J connectivity index is 1.62. The van der Waals surface area contributed by atoms with Crippen LogP contribution in [0.2, 0.25) is 0 Å². The molecule has 0 spiro atoms. The maximum atomic E-state index is 14.0. The van der Waals surface area contributed by atoms with Crippen LogP contribution in [-0.4, -0.2) is 31.1 Å². The van der Waals surface area contributed by atoms with E-state index in [0.717, 1.165) is 41.3 Å². The molecular formula is C28H28BrN3O3S. The van der Waals surface area contributed by atoms with Gasteiger partial charge in [0.15, 0.2) is 5.84 Å². The summed E-state index contributed by atoms with van der Waals surface area (Å²) in [7, 11) is -3.86. The van der Waals surface area contributed by atoms with Crippen LogP contribution in [0, 0.1) is 0 Å².